The van der Waals surface area contributed by atoms with E-state index in [-0.39, 0.29) is 11.7 Å². The lowest BCUT2D eigenvalue weighted by Crippen LogP contribution is -2.31. The van der Waals surface area contributed by atoms with Crippen molar-refractivity contribution in [3.8, 4) is 0 Å². The molecule has 26 heavy (non-hydrogen) atoms. The smallest absolute Gasteiger partial charge is 0.328 e. The number of nitrogens with one attached hydrogen (secondary N) is 1. The molecule has 0 heterocycles. The number of anilines is 1. The zero-order chi connectivity index (χ0) is 18.7. The monoisotopic (exact) mass is 355 g/mol. The number of nitrogen functional groups attached to an aromatic ring is 1. The molecule has 0 bridgehead atoms. The second-order valence-corrected chi connectivity index (χ2v) is 6.82. The van der Waals surface area contributed by atoms with E-state index in [2.05, 4.69) is 30.4 Å². The van der Waals surface area contributed by atoms with E-state index in [9.17, 15) is 14.5 Å². The minimum Gasteiger partial charge on any atom is -0.393 e. The largest absolute Gasteiger partial charge is 0.393 e. The van der Waals surface area contributed by atoms with Crippen LogP contribution in [0.5, 0.6) is 0 Å². The van der Waals surface area contributed by atoms with Gasteiger partial charge in [-0.05, 0) is 42.0 Å². The molecule has 2 aromatic carbocycles. The van der Waals surface area contributed by atoms with Crippen molar-refractivity contribution >= 4 is 16.9 Å². The van der Waals surface area contributed by atoms with Crippen LogP contribution in [-0.4, -0.2) is 11.0 Å². The number of halogens is 1. The first-order valence-corrected chi connectivity index (χ1v) is 8.66. The molecular formula is C20H22FN3O2. The van der Waals surface area contributed by atoms with E-state index in [0.717, 1.165) is 31.0 Å². The summed E-state index contributed by atoms with van der Waals surface area (Å²) in [6, 6.07) is 12.9. The van der Waals surface area contributed by atoms with Crippen molar-refractivity contribution in [3.63, 3.8) is 0 Å². The van der Waals surface area contributed by atoms with E-state index in [0.29, 0.717) is 11.5 Å². The molecule has 0 fully saturated rings. The number of nitro groups is 1. The van der Waals surface area contributed by atoms with Crippen molar-refractivity contribution in [2.75, 3.05) is 5.73 Å². The molecule has 6 heteroatoms. The molecule has 136 valence electrons. The van der Waals surface area contributed by atoms with Gasteiger partial charge in [0.2, 0.25) is 5.82 Å². The summed E-state index contributed by atoms with van der Waals surface area (Å²) >= 11 is 0. The molecule has 0 amide bonds. The fourth-order valence-electron chi connectivity index (χ4n) is 3.50. The zero-order valence-electron chi connectivity index (χ0n) is 14.6. The van der Waals surface area contributed by atoms with Crippen LogP contribution in [0, 0.1) is 21.8 Å². The van der Waals surface area contributed by atoms with Crippen molar-refractivity contribution < 1.29 is 9.31 Å². The van der Waals surface area contributed by atoms with E-state index in [1.165, 1.54) is 11.6 Å². The molecule has 0 saturated heterocycles. The van der Waals surface area contributed by atoms with E-state index < -0.39 is 16.4 Å². The summed E-state index contributed by atoms with van der Waals surface area (Å²) in [5.41, 5.74) is 7.86. The summed E-state index contributed by atoms with van der Waals surface area (Å²) in [7, 11) is 0. The van der Waals surface area contributed by atoms with Crippen LogP contribution in [0.2, 0.25) is 0 Å². The second-order valence-electron chi connectivity index (χ2n) is 6.82. The summed E-state index contributed by atoms with van der Waals surface area (Å²) in [4.78, 5) is 10.4. The Bertz CT molecular complexity index is 836. The molecule has 0 aliphatic heterocycles. The minimum absolute atomic E-state index is 0.0999. The Balaban J connectivity index is 1.86. The van der Waals surface area contributed by atoms with E-state index >= 15 is 0 Å². The van der Waals surface area contributed by atoms with Gasteiger partial charge in [0, 0.05) is 18.2 Å². The van der Waals surface area contributed by atoms with Gasteiger partial charge in [0.05, 0.1) is 4.92 Å². The molecule has 0 saturated carbocycles. The topological polar surface area (TPSA) is 81.2 Å². The van der Waals surface area contributed by atoms with Crippen molar-refractivity contribution in [2.24, 2.45) is 5.92 Å². The lowest BCUT2D eigenvalue weighted by atomic mass is 9.83. The van der Waals surface area contributed by atoms with Gasteiger partial charge in [-0.3, -0.25) is 10.1 Å². The molecule has 3 rings (SSSR count). The molecule has 0 spiro atoms. The van der Waals surface area contributed by atoms with Crippen LogP contribution >= 0.6 is 0 Å². The average Bonchev–Trinajstić information content (AvgIpc) is 2.60. The van der Waals surface area contributed by atoms with Crippen LogP contribution in [0.4, 0.5) is 15.8 Å². The predicted molar refractivity (Wildman–Crippen MR) is 101 cm³/mol. The maximum Gasteiger partial charge on any atom is 0.328 e. The molecule has 0 aromatic heterocycles. The third kappa shape index (κ3) is 3.91. The number of hydrogen-bond acceptors (Lipinski definition) is 4. The highest BCUT2D eigenvalue weighted by atomic mass is 19.1. The fourth-order valence-corrected chi connectivity index (χ4v) is 3.50. The summed E-state index contributed by atoms with van der Waals surface area (Å²) in [6.45, 7) is 2.87. The van der Waals surface area contributed by atoms with E-state index in [4.69, 9.17) is 5.73 Å². The molecule has 1 aliphatic carbocycles. The van der Waals surface area contributed by atoms with Gasteiger partial charge in [0.1, 0.15) is 5.69 Å². The maximum absolute atomic E-state index is 13.8. The van der Waals surface area contributed by atoms with Crippen molar-refractivity contribution in [1.82, 2.24) is 5.32 Å². The van der Waals surface area contributed by atoms with Gasteiger partial charge in [-0.1, -0.05) is 43.3 Å². The summed E-state index contributed by atoms with van der Waals surface area (Å²) < 4.78 is 13.8. The lowest BCUT2D eigenvalue weighted by molar-refractivity contribution is -0.386. The molecule has 2 atom stereocenters. The van der Waals surface area contributed by atoms with Gasteiger partial charge >= 0.3 is 5.69 Å². The quantitative estimate of drug-likeness (QED) is 0.476. The Labute approximate surface area is 151 Å². The normalized spacial score (nSPS) is 19.8. The van der Waals surface area contributed by atoms with Crippen LogP contribution in [0.3, 0.4) is 0 Å². The SMILES string of the molecule is CC1CC(c2ccc(F)c([N+](=O)[O-])c2N)=CC(NCc2ccccc2)C1. The number of nitrogens with zero attached hydrogens (tertiary/aromatic N) is 1. The maximum atomic E-state index is 13.8. The van der Waals surface area contributed by atoms with Crippen LogP contribution in [0.25, 0.3) is 5.57 Å². The minimum atomic E-state index is -0.903. The van der Waals surface area contributed by atoms with Gasteiger partial charge in [-0.2, -0.15) is 4.39 Å². The van der Waals surface area contributed by atoms with Gasteiger partial charge in [-0.25, -0.2) is 0 Å². The number of allylic oxidation sites excluding steroid dienone is 1. The first-order valence-electron chi connectivity index (χ1n) is 8.66. The third-order valence-electron chi connectivity index (χ3n) is 4.73. The Morgan fingerprint density at radius 2 is 2.00 bits per heavy atom. The van der Waals surface area contributed by atoms with Crippen molar-refractivity contribution in [3.05, 3.63) is 75.6 Å². The van der Waals surface area contributed by atoms with Crippen LogP contribution in [-0.2, 0) is 6.54 Å². The Morgan fingerprint density at radius 1 is 1.27 bits per heavy atom. The standard InChI is InChI=1S/C20H22FN3O2/c1-13-9-15(17-7-8-18(21)20(19(17)22)24(25)26)11-16(10-13)23-12-14-5-3-2-4-6-14/h2-8,11,13,16,23H,9-10,12,22H2,1H3. The highest BCUT2D eigenvalue weighted by Gasteiger charge is 2.26. The van der Waals surface area contributed by atoms with Gasteiger partial charge < -0.3 is 11.1 Å². The highest BCUT2D eigenvalue weighted by molar-refractivity contribution is 5.81. The van der Waals surface area contributed by atoms with E-state index in [1.807, 2.05) is 18.2 Å². The average molecular weight is 355 g/mol. The van der Waals surface area contributed by atoms with Gasteiger partial charge in [0.25, 0.3) is 0 Å². The Kier molecular flexibility index (Phi) is 5.32. The van der Waals surface area contributed by atoms with Crippen molar-refractivity contribution in [2.45, 2.75) is 32.4 Å². The number of hydrogen-bond donors (Lipinski definition) is 2. The number of nitro benzene ring substituents is 1. The van der Waals surface area contributed by atoms with Crippen molar-refractivity contribution in [1.29, 1.82) is 0 Å². The molecule has 0 radical (unpaired) electrons. The highest BCUT2D eigenvalue weighted by Crippen LogP contribution is 2.38. The molecule has 2 unspecified atom stereocenters. The van der Waals surface area contributed by atoms with Crippen LogP contribution in [0.1, 0.15) is 30.9 Å². The fraction of sp³-hybridized carbons (Fsp3) is 0.300. The first-order chi connectivity index (χ1) is 12.5. The number of nitrogens with two attached hydrogens (primary N) is 1. The summed E-state index contributed by atoms with van der Waals surface area (Å²) in [6.07, 6.45) is 3.80. The van der Waals surface area contributed by atoms with Gasteiger partial charge in [0.15, 0.2) is 0 Å². The molecule has 2 aromatic rings. The predicted octanol–water partition coefficient (Wildman–Crippen LogP) is 4.29. The second kappa shape index (κ2) is 7.66. The molecule has 1 aliphatic rings. The third-order valence-corrected chi connectivity index (χ3v) is 4.73. The number of rotatable bonds is 5. The van der Waals surface area contributed by atoms with Crippen LogP contribution < -0.4 is 11.1 Å². The van der Waals surface area contributed by atoms with E-state index in [1.54, 1.807) is 0 Å². The van der Waals surface area contributed by atoms with Gasteiger partial charge in [-0.15, -0.1) is 0 Å². The Hall–Kier alpha value is -2.73. The lowest BCUT2D eigenvalue weighted by Gasteiger charge is -2.28. The molecule has 3 N–H and O–H groups in total. The molecule has 5 nitrogen and oxygen atoms in total. The zero-order valence-corrected chi connectivity index (χ0v) is 14.6. The van der Waals surface area contributed by atoms with Crippen LogP contribution in [0.15, 0.2) is 48.5 Å². The first kappa shape index (κ1) is 18.1. The summed E-state index contributed by atoms with van der Waals surface area (Å²) in [5.74, 6) is -0.508. The molecular weight excluding hydrogens is 333 g/mol. The summed E-state index contributed by atoms with van der Waals surface area (Å²) in [5, 5.41) is 14.6. The number of benzene rings is 2. The Morgan fingerprint density at radius 3 is 2.69 bits per heavy atom.